The molecule has 0 aliphatic carbocycles. The molecule has 0 aromatic heterocycles. The van der Waals surface area contributed by atoms with E-state index in [9.17, 15) is 0 Å². The summed E-state index contributed by atoms with van der Waals surface area (Å²) in [4.78, 5) is 0. The standard InChI is InChI=1S/C16H29NO/c1-7-10-15(13(4)5)11-16(8-2)18-14(6)12-17-9-3/h7-8,10-11,13-14,17H,9,12H2,1-6H3/b10-7-,15-11+,16-8+/t14-/m1/s1. The van der Waals surface area contributed by atoms with Crippen molar-refractivity contribution in [2.75, 3.05) is 13.1 Å². The molecule has 0 spiro atoms. The van der Waals surface area contributed by atoms with E-state index in [0.29, 0.717) is 5.92 Å². The number of likely N-dealkylation sites (N-methyl/N-ethyl adjacent to an activating group) is 1. The van der Waals surface area contributed by atoms with E-state index < -0.39 is 0 Å². The Morgan fingerprint density at radius 2 is 1.89 bits per heavy atom. The summed E-state index contributed by atoms with van der Waals surface area (Å²) >= 11 is 0. The summed E-state index contributed by atoms with van der Waals surface area (Å²) in [6, 6.07) is 0. The molecule has 0 saturated carbocycles. The Hall–Kier alpha value is -1.02. The molecule has 0 aliphatic heterocycles. The summed E-state index contributed by atoms with van der Waals surface area (Å²) in [6.45, 7) is 14.5. The van der Waals surface area contributed by atoms with E-state index in [0.717, 1.165) is 18.8 Å². The highest BCUT2D eigenvalue weighted by Crippen LogP contribution is 2.16. The minimum absolute atomic E-state index is 0.186. The van der Waals surface area contributed by atoms with Crippen LogP contribution >= 0.6 is 0 Å². The van der Waals surface area contributed by atoms with Crippen LogP contribution in [0, 0.1) is 5.92 Å². The minimum Gasteiger partial charge on any atom is -0.490 e. The molecule has 0 radical (unpaired) electrons. The van der Waals surface area contributed by atoms with E-state index in [1.54, 1.807) is 0 Å². The molecule has 0 unspecified atom stereocenters. The van der Waals surface area contributed by atoms with Gasteiger partial charge in [0.1, 0.15) is 11.9 Å². The molecule has 18 heavy (non-hydrogen) atoms. The molecular weight excluding hydrogens is 222 g/mol. The second kappa shape index (κ2) is 9.95. The van der Waals surface area contributed by atoms with Crippen molar-refractivity contribution in [3.8, 4) is 0 Å². The van der Waals surface area contributed by atoms with E-state index in [2.05, 4.69) is 51.2 Å². The first-order valence-electron chi connectivity index (χ1n) is 6.93. The molecule has 0 rings (SSSR count). The number of rotatable bonds is 8. The summed E-state index contributed by atoms with van der Waals surface area (Å²) in [6.07, 6.45) is 8.56. The molecule has 1 N–H and O–H groups in total. The van der Waals surface area contributed by atoms with Crippen LogP contribution in [0.2, 0.25) is 0 Å². The molecule has 0 amide bonds. The van der Waals surface area contributed by atoms with Crippen molar-refractivity contribution in [3.63, 3.8) is 0 Å². The van der Waals surface area contributed by atoms with Crippen LogP contribution in [0.1, 0.15) is 41.5 Å². The molecular formula is C16H29NO. The van der Waals surface area contributed by atoms with E-state index >= 15 is 0 Å². The van der Waals surface area contributed by atoms with Gasteiger partial charge in [-0.3, -0.25) is 0 Å². The SMILES string of the molecule is C\C=C/C(=C\C(=C/C)O[C@H](C)CNCC)C(C)C. The zero-order valence-electron chi connectivity index (χ0n) is 12.8. The Morgan fingerprint density at radius 3 is 2.33 bits per heavy atom. The molecule has 0 heterocycles. The highest BCUT2D eigenvalue weighted by Gasteiger charge is 2.05. The second-order valence-electron chi connectivity index (χ2n) is 4.73. The van der Waals surface area contributed by atoms with Crippen LogP contribution < -0.4 is 5.32 Å². The third-order valence-electron chi connectivity index (χ3n) is 2.64. The van der Waals surface area contributed by atoms with Crippen molar-refractivity contribution < 1.29 is 4.74 Å². The topological polar surface area (TPSA) is 21.3 Å². The highest BCUT2D eigenvalue weighted by molar-refractivity contribution is 5.28. The van der Waals surface area contributed by atoms with Gasteiger partial charge in [-0.1, -0.05) is 32.9 Å². The van der Waals surface area contributed by atoms with Crippen molar-refractivity contribution in [1.82, 2.24) is 5.32 Å². The van der Waals surface area contributed by atoms with Crippen LogP contribution in [0.25, 0.3) is 0 Å². The lowest BCUT2D eigenvalue weighted by atomic mass is 10.0. The zero-order valence-corrected chi connectivity index (χ0v) is 12.8. The number of allylic oxidation sites excluding steroid dienone is 5. The van der Waals surface area contributed by atoms with Gasteiger partial charge in [0.05, 0.1) is 0 Å². The van der Waals surface area contributed by atoms with Crippen LogP contribution in [-0.2, 0) is 4.74 Å². The van der Waals surface area contributed by atoms with Crippen molar-refractivity contribution >= 4 is 0 Å². The molecule has 0 aromatic carbocycles. The van der Waals surface area contributed by atoms with Crippen LogP contribution in [0.4, 0.5) is 0 Å². The lowest BCUT2D eigenvalue weighted by Gasteiger charge is -2.17. The Morgan fingerprint density at radius 1 is 1.22 bits per heavy atom. The summed E-state index contributed by atoms with van der Waals surface area (Å²) in [7, 11) is 0. The first-order valence-corrected chi connectivity index (χ1v) is 6.93. The van der Waals surface area contributed by atoms with Crippen molar-refractivity contribution in [2.24, 2.45) is 5.92 Å². The minimum atomic E-state index is 0.186. The maximum Gasteiger partial charge on any atom is 0.115 e. The third-order valence-corrected chi connectivity index (χ3v) is 2.64. The molecule has 0 saturated heterocycles. The third kappa shape index (κ3) is 7.33. The zero-order chi connectivity index (χ0) is 14.0. The van der Waals surface area contributed by atoms with Gasteiger partial charge in [-0.05, 0) is 51.0 Å². The van der Waals surface area contributed by atoms with E-state index in [4.69, 9.17) is 4.74 Å². The van der Waals surface area contributed by atoms with Gasteiger partial charge in [-0.25, -0.2) is 0 Å². The average molecular weight is 251 g/mol. The lowest BCUT2D eigenvalue weighted by molar-refractivity contribution is 0.139. The normalized spacial score (nSPS) is 15.5. The second-order valence-corrected chi connectivity index (χ2v) is 4.73. The summed E-state index contributed by atoms with van der Waals surface area (Å²) in [5.41, 5.74) is 1.29. The quantitative estimate of drug-likeness (QED) is 0.519. The van der Waals surface area contributed by atoms with Gasteiger partial charge in [0.2, 0.25) is 0 Å². The molecule has 2 heteroatoms. The van der Waals surface area contributed by atoms with Gasteiger partial charge in [0.25, 0.3) is 0 Å². The Kier molecular flexibility index (Phi) is 9.39. The Balaban J connectivity index is 4.63. The molecule has 2 nitrogen and oxygen atoms in total. The largest absolute Gasteiger partial charge is 0.490 e. The van der Waals surface area contributed by atoms with Gasteiger partial charge >= 0.3 is 0 Å². The highest BCUT2D eigenvalue weighted by atomic mass is 16.5. The summed E-state index contributed by atoms with van der Waals surface area (Å²) in [5, 5.41) is 3.29. The van der Waals surface area contributed by atoms with Crippen molar-refractivity contribution in [3.05, 3.63) is 35.6 Å². The summed E-state index contributed by atoms with van der Waals surface area (Å²) in [5.74, 6) is 1.45. The number of ether oxygens (including phenoxy) is 1. The number of hydrogen-bond donors (Lipinski definition) is 1. The Bertz CT molecular complexity index is 300. The van der Waals surface area contributed by atoms with Gasteiger partial charge in [0, 0.05) is 6.54 Å². The van der Waals surface area contributed by atoms with Crippen LogP contribution in [0.3, 0.4) is 0 Å². The maximum absolute atomic E-state index is 5.92. The molecule has 104 valence electrons. The Labute approximate surface area is 113 Å². The smallest absolute Gasteiger partial charge is 0.115 e. The van der Waals surface area contributed by atoms with E-state index in [1.807, 2.05) is 19.9 Å². The van der Waals surface area contributed by atoms with E-state index in [1.165, 1.54) is 5.57 Å². The predicted molar refractivity (Wildman–Crippen MR) is 80.6 cm³/mol. The monoisotopic (exact) mass is 251 g/mol. The van der Waals surface area contributed by atoms with E-state index in [-0.39, 0.29) is 6.10 Å². The van der Waals surface area contributed by atoms with Crippen LogP contribution in [0.5, 0.6) is 0 Å². The maximum atomic E-state index is 5.92. The predicted octanol–water partition coefficient (Wildman–Crippen LogP) is 4.06. The fourth-order valence-corrected chi connectivity index (χ4v) is 1.57. The fraction of sp³-hybridized carbons (Fsp3) is 0.625. The van der Waals surface area contributed by atoms with Crippen molar-refractivity contribution in [1.29, 1.82) is 0 Å². The molecule has 0 aliphatic rings. The van der Waals surface area contributed by atoms with Crippen LogP contribution in [0.15, 0.2) is 35.6 Å². The van der Waals surface area contributed by atoms with Gasteiger partial charge in [0.15, 0.2) is 0 Å². The number of nitrogens with one attached hydrogen (secondary N) is 1. The first-order chi connectivity index (χ1) is 8.54. The first kappa shape index (κ1) is 17.0. The lowest BCUT2D eigenvalue weighted by Crippen LogP contribution is -2.26. The average Bonchev–Trinajstić information content (AvgIpc) is 2.34. The fourth-order valence-electron chi connectivity index (χ4n) is 1.57. The van der Waals surface area contributed by atoms with Gasteiger partial charge in [-0.15, -0.1) is 0 Å². The molecule has 0 aromatic rings. The van der Waals surface area contributed by atoms with Gasteiger partial charge < -0.3 is 10.1 Å². The molecule has 0 bridgehead atoms. The number of hydrogen-bond acceptors (Lipinski definition) is 2. The van der Waals surface area contributed by atoms with Crippen molar-refractivity contribution in [2.45, 2.75) is 47.6 Å². The van der Waals surface area contributed by atoms with Gasteiger partial charge in [-0.2, -0.15) is 0 Å². The molecule has 0 fully saturated rings. The summed E-state index contributed by atoms with van der Waals surface area (Å²) < 4.78 is 5.92. The molecule has 1 atom stereocenters. The van der Waals surface area contributed by atoms with Crippen LogP contribution in [-0.4, -0.2) is 19.2 Å².